The minimum Gasteiger partial charge on any atom is -0.502 e. The highest BCUT2D eigenvalue weighted by Gasteiger charge is 2.41. The molecule has 2 aromatic carbocycles. The van der Waals surface area contributed by atoms with Crippen LogP contribution in [0, 0.1) is 0 Å². The zero-order chi connectivity index (χ0) is 19.0. The SMILES string of the molecule is CC(C)Oc1ccc(C2=C(O)C(=O)N(c3cccc(Cl)c3Cl)C2=O)cc1. The normalized spacial score (nSPS) is 14.6. The summed E-state index contributed by atoms with van der Waals surface area (Å²) in [5, 5.41) is 10.5. The zero-order valence-electron chi connectivity index (χ0n) is 14.0. The maximum absolute atomic E-state index is 12.8. The van der Waals surface area contributed by atoms with E-state index in [0.717, 1.165) is 4.90 Å². The van der Waals surface area contributed by atoms with Gasteiger partial charge >= 0.3 is 5.91 Å². The van der Waals surface area contributed by atoms with E-state index < -0.39 is 17.6 Å². The third-order valence-electron chi connectivity index (χ3n) is 3.75. The van der Waals surface area contributed by atoms with Crippen molar-refractivity contribution in [1.29, 1.82) is 0 Å². The molecule has 5 nitrogen and oxygen atoms in total. The second kappa shape index (κ2) is 7.02. The number of aliphatic hydroxyl groups is 1. The van der Waals surface area contributed by atoms with Crippen LogP contribution in [0.5, 0.6) is 5.75 Å². The Kier molecular flexibility index (Phi) is 4.94. The fourth-order valence-corrected chi connectivity index (χ4v) is 3.01. The van der Waals surface area contributed by atoms with Crippen LogP contribution < -0.4 is 9.64 Å². The van der Waals surface area contributed by atoms with Gasteiger partial charge < -0.3 is 9.84 Å². The Morgan fingerprint density at radius 2 is 1.65 bits per heavy atom. The number of hydrogen-bond donors (Lipinski definition) is 1. The second-order valence-corrected chi connectivity index (χ2v) is 6.72. The number of anilines is 1. The molecule has 0 fully saturated rings. The van der Waals surface area contributed by atoms with E-state index in [9.17, 15) is 14.7 Å². The monoisotopic (exact) mass is 391 g/mol. The summed E-state index contributed by atoms with van der Waals surface area (Å²) in [5.74, 6) is -1.54. The third kappa shape index (κ3) is 3.16. The van der Waals surface area contributed by atoms with Crippen molar-refractivity contribution in [1.82, 2.24) is 0 Å². The van der Waals surface area contributed by atoms with Crippen molar-refractivity contribution in [3.05, 3.63) is 63.8 Å². The molecule has 0 spiro atoms. The van der Waals surface area contributed by atoms with Crippen molar-refractivity contribution >= 4 is 46.3 Å². The minimum atomic E-state index is -0.850. The predicted octanol–water partition coefficient (Wildman–Crippen LogP) is 4.62. The van der Waals surface area contributed by atoms with Gasteiger partial charge in [-0.3, -0.25) is 9.59 Å². The summed E-state index contributed by atoms with van der Waals surface area (Å²) < 4.78 is 5.55. The summed E-state index contributed by atoms with van der Waals surface area (Å²) >= 11 is 12.1. The Morgan fingerprint density at radius 3 is 2.27 bits per heavy atom. The lowest BCUT2D eigenvalue weighted by Crippen LogP contribution is -2.31. The summed E-state index contributed by atoms with van der Waals surface area (Å²) in [7, 11) is 0. The summed E-state index contributed by atoms with van der Waals surface area (Å²) in [4.78, 5) is 26.1. The van der Waals surface area contributed by atoms with E-state index in [1.165, 1.54) is 6.07 Å². The number of rotatable bonds is 4. The molecule has 2 aromatic rings. The van der Waals surface area contributed by atoms with Gasteiger partial charge in [0.25, 0.3) is 5.91 Å². The van der Waals surface area contributed by atoms with Crippen molar-refractivity contribution in [2.45, 2.75) is 20.0 Å². The van der Waals surface area contributed by atoms with Gasteiger partial charge in [-0.05, 0) is 43.7 Å². The highest BCUT2D eigenvalue weighted by Crippen LogP contribution is 2.38. The smallest absolute Gasteiger partial charge is 0.301 e. The molecule has 1 aliphatic rings. The molecule has 0 radical (unpaired) electrons. The molecule has 0 atom stereocenters. The van der Waals surface area contributed by atoms with Gasteiger partial charge in [0.1, 0.15) is 5.75 Å². The van der Waals surface area contributed by atoms with Gasteiger partial charge in [0.2, 0.25) is 0 Å². The van der Waals surface area contributed by atoms with Crippen LogP contribution in [0.25, 0.3) is 5.57 Å². The van der Waals surface area contributed by atoms with Crippen LogP contribution in [0.1, 0.15) is 19.4 Å². The molecule has 134 valence electrons. The number of carbonyl (C=O) groups is 2. The number of halogens is 2. The van der Waals surface area contributed by atoms with Crippen LogP contribution in [0.2, 0.25) is 10.0 Å². The molecule has 1 aliphatic heterocycles. The molecule has 0 saturated carbocycles. The van der Waals surface area contributed by atoms with Gasteiger partial charge in [-0.15, -0.1) is 0 Å². The van der Waals surface area contributed by atoms with Crippen molar-refractivity contribution < 1.29 is 19.4 Å². The molecular formula is C19H15Cl2NO4. The largest absolute Gasteiger partial charge is 0.502 e. The Morgan fingerprint density at radius 1 is 1.00 bits per heavy atom. The Hall–Kier alpha value is -2.50. The molecule has 7 heteroatoms. The number of benzene rings is 2. The standard InChI is InChI=1S/C19H15Cl2NO4/c1-10(2)26-12-8-6-11(7-9-12)15-17(23)19(25)22(18(15)24)14-5-3-4-13(20)16(14)21/h3-10,23H,1-2H3. The highest BCUT2D eigenvalue weighted by molar-refractivity contribution is 6.49. The van der Waals surface area contributed by atoms with Crippen LogP contribution in [-0.2, 0) is 9.59 Å². The molecule has 0 aromatic heterocycles. The van der Waals surface area contributed by atoms with Crippen LogP contribution >= 0.6 is 23.2 Å². The lowest BCUT2D eigenvalue weighted by molar-refractivity contribution is -0.121. The van der Waals surface area contributed by atoms with Gasteiger partial charge in [-0.1, -0.05) is 41.4 Å². The number of imide groups is 1. The van der Waals surface area contributed by atoms with E-state index in [2.05, 4.69) is 0 Å². The highest BCUT2D eigenvalue weighted by atomic mass is 35.5. The van der Waals surface area contributed by atoms with E-state index in [4.69, 9.17) is 27.9 Å². The average Bonchev–Trinajstić information content (AvgIpc) is 2.81. The van der Waals surface area contributed by atoms with E-state index in [0.29, 0.717) is 11.3 Å². The quantitative estimate of drug-likeness (QED) is 0.771. The van der Waals surface area contributed by atoms with Crippen LogP contribution in [0.4, 0.5) is 5.69 Å². The van der Waals surface area contributed by atoms with Gasteiger partial charge in [0, 0.05) is 0 Å². The van der Waals surface area contributed by atoms with Crippen LogP contribution in [0.3, 0.4) is 0 Å². The summed E-state index contributed by atoms with van der Waals surface area (Å²) in [5.41, 5.74) is 0.426. The zero-order valence-corrected chi connectivity index (χ0v) is 15.5. The Bertz CT molecular complexity index is 920. The first kappa shape index (κ1) is 18.3. The van der Waals surface area contributed by atoms with Crippen molar-refractivity contribution in [3.63, 3.8) is 0 Å². The van der Waals surface area contributed by atoms with E-state index in [1.54, 1.807) is 36.4 Å². The van der Waals surface area contributed by atoms with E-state index in [1.807, 2.05) is 13.8 Å². The molecule has 0 saturated heterocycles. The van der Waals surface area contributed by atoms with Crippen molar-refractivity contribution in [2.75, 3.05) is 4.90 Å². The number of amides is 2. The maximum Gasteiger partial charge on any atom is 0.301 e. The van der Waals surface area contributed by atoms with Gasteiger partial charge in [0.15, 0.2) is 5.76 Å². The molecule has 1 heterocycles. The fraction of sp³-hybridized carbons (Fsp3) is 0.158. The summed E-state index contributed by atoms with van der Waals surface area (Å²) in [6, 6.07) is 11.1. The maximum atomic E-state index is 12.8. The molecular weight excluding hydrogens is 377 g/mol. The molecule has 1 N–H and O–H groups in total. The molecule has 26 heavy (non-hydrogen) atoms. The number of ether oxygens (including phenoxy) is 1. The number of nitrogens with zero attached hydrogens (tertiary/aromatic N) is 1. The lowest BCUT2D eigenvalue weighted by Gasteiger charge is -2.16. The topological polar surface area (TPSA) is 66.8 Å². The summed E-state index contributed by atoms with van der Waals surface area (Å²) in [6.07, 6.45) is 0.00335. The molecule has 3 rings (SSSR count). The minimum absolute atomic E-state index is 0.00335. The molecule has 2 amide bonds. The predicted molar refractivity (Wildman–Crippen MR) is 101 cm³/mol. The van der Waals surface area contributed by atoms with E-state index >= 15 is 0 Å². The first-order valence-electron chi connectivity index (χ1n) is 7.84. The second-order valence-electron chi connectivity index (χ2n) is 5.93. The number of aliphatic hydroxyl groups excluding tert-OH is 1. The van der Waals surface area contributed by atoms with Gasteiger partial charge in [-0.25, -0.2) is 4.90 Å². The van der Waals surface area contributed by atoms with Crippen LogP contribution in [0.15, 0.2) is 48.2 Å². The first-order valence-corrected chi connectivity index (χ1v) is 8.60. The van der Waals surface area contributed by atoms with Gasteiger partial charge in [-0.2, -0.15) is 0 Å². The third-order valence-corrected chi connectivity index (χ3v) is 4.56. The van der Waals surface area contributed by atoms with Crippen molar-refractivity contribution in [3.8, 4) is 5.75 Å². The van der Waals surface area contributed by atoms with Gasteiger partial charge in [0.05, 0.1) is 27.4 Å². The summed E-state index contributed by atoms with van der Waals surface area (Å²) in [6.45, 7) is 3.79. The van der Waals surface area contributed by atoms with Crippen molar-refractivity contribution in [2.24, 2.45) is 0 Å². The van der Waals surface area contributed by atoms with E-state index in [-0.39, 0.29) is 27.4 Å². The van der Waals surface area contributed by atoms with Crippen LogP contribution in [-0.4, -0.2) is 23.0 Å². The number of hydrogen-bond acceptors (Lipinski definition) is 4. The Labute approximate surface area is 160 Å². The fourth-order valence-electron chi connectivity index (χ4n) is 2.63. The molecule has 0 bridgehead atoms. The lowest BCUT2D eigenvalue weighted by atomic mass is 10.1. The Balaban J connectivity index is 1.98. The molecule has 0 unspecified atom stereocenters. The number of carbonyl (C=O) groups excluding carboxylic acids is 2. The first-order chi connectivity index (χ1) is 12.3. The molecule has 0 aliphatic carbocycles. The average molecular weight is 392 g/mol.